The normalized spacial score (nSPS) is 12.8. The first-order valence-corrected chi connectivity index (χ1v) is 6.46. The summed E-state index contributed by atoms with van der Waals surface area (Å²) in [4.78, 5) is 8.87. The molecule has 5 heteroatoms. The van der Waals surface area contributed by atoms with Crippen LogP contribution in [0.25, 0.3) is 0 Å². The molecule has 0 aliphatic carbocycles. The molecule has 5 nitrogen and oxygen atoms in total. The Balaban J connectivity index is 2.19. The molecule has 2 rings (SSSR count). The molecule has 2 aromatic rings. The van der Waals surface area contributed by atoms with Crippen molar-refractivity contribution >= 4 is 0 Å². The van der Waals surface area contributed by atoms with Gasteiger partial charge in [0.15, 0.2) is 0 Å². The first kappa shape index (κ1) is 12.8. The van der Waals surface area contributed by atoms with Crippen molar-refractivity contribution in [3.05, 3.63) is 36.4 Å². The maximum absolute atomic E-state index is 4.43. The second kappa shape index (κ2) is 5.82. The Kier molecular flexibility index (Phi) is 4.15. The standard InChI is InChI=1S/C13H21N5/c1-4-14-11(13-16-6-8-17(13)3)10-12-15-7-9-18(12)5-2/h6-9,11,14H,4-5,10H2,1-3H3. The molecule has 1 atom stereocenters. The average molecular weight is 247 g/mol. The number of aryl methyl sites for hydroxylation is 2. The number of hydrogen-bond acceptors (Lipinski definition) is 3. The highest BCUT2D eigenvalue weighted by Gasteiger charge is 2.17. The Bertz CT molecular complexity index is 485. The first-order valence-electron chi connectivity index (χ1n) is 6.46. The lowest BCUT2D eigenvalue weighted by atomic mass is 10.1. The molecule has 0 aliphatic heterocycles. The van der Waals surface area contributed by atoms with Gasteiger partial charge in [0.05, 0.1) is 6.04 Å². The predicted molar refractivity (Wildman–Crippen MR) is 71.2 cm³/mol. The first-order chi connectivity index (χ1) is 8.76. The highest BCUT2D eigenvalue weighted by molar-refractivity contribution is 5.04. The summed E-state index contributed by atoms with van der Waals surface area (Å²) in [5.41, 5.74) is 0. The Labute approximate surface area is 108 Å². The summed E-state index contributed by atoms with van der Waals surface area (Å²) in [7, 11) is 2.03. The van der Waals surface area contributed by atoms with E-state index in [1.807, 2.05) is 31.8 Å². The van der Waals surface area contributed by atoms with Crippen LogP contribution in [0, 0.1) is 0 Å². The van der Waals surface area contributed by atoms with Crippen molar-refractivity contribution in [3.8, 4) is 0 Å². The van der Waals surface area contributed by atoms with Crippen LogP contribution < -0.4 is 5.32 Å². The van der Waals surface area contributed by atoms with Crippen LogP contribution in [0.4, 0.5) is 0 Å². The van der Waals surface area contributed by atoms with E-state index >= 15 is 0 Å². The van der Waals surface area contributed by atoms with Gasteiger partial charge in [0.1, 0.15) is 11.6 Å². The van der Waals surface area contributed by atoms with Gasteiger partial charge in [-0.15, -0.1) is 0 Å². The molecular weight excluding hydrogens is 226 g/mol. The van der Waals surface area contributed by atoms with Gasteiger partial charge in [0.2, 0.25) is 0 Å². The molecule has 1 unspecified atom stereocenters. The van der Waals surface area contributed by atoms with Crippen LogP contribution in [0.2, 0.25) is 0 Å². The Morgan fingerprint density at radius 1 is 1.22 bits per heavy atom. The quantitative estimate of drug-likeness (QED) is 0.842. The molecule has 0 saturated heterocycles. The number of imidazole rings is 2. The summed E-state index contributed by atoms with van der Waals surface area (Å²) in [5.74, 6) is 2.16. The zero-order valence-corrected chi connectivity index (χ0v) is 11.3. The summed E-state index contributed by atoms with van der Waals surface area (Å²) in [6.07, 6.45) is 8.56. The third-order valence-electron chi connectivity index (χ3n) is 3.15. The van der Waals surface area contributed by atoms with Gasteiger partial charge < -0.3 is 14.5 Å². The van der Waals surface area contributed by atoms with Crippen molar-refractivity contribution in [3.63, 3.8) is 0 Å². The van der Waals surface area contributed by atoms with Crippen LogP contribution in [0.15, 0.2) is 24.8 Å². The lowest BCUT2D eigenvalue weighted by Crippen LogP contribution is -2.26. The summed E-state index contributed by atoms with van der Waals surface area (Å²) in [6.45, 7) is 6.12. The Morgan fingerprint density at radius 2 is 2.00 bits per heavy atom. The van der Waals surface area contributed by atoms with E-state index in [1.165, 1.54) is 0 Å². The monoisotopic (exact) mass is 247 g/mol. The molecule has 18 heavy (non-hydrogen) atoms. The predicted octanol–water partition coefficient (Wildman–Crippen LogP) is 1.53. The highest BCUT2D eigenvalue weighted by Crippen LogP contribution is 2.15. The zero-order valence-electron chi connectivity index (χ0n) is 11.3. The average Bonchev–Trinajstić information content (AvgIpc) is 2.97. The number of likely N-dealkylation sites (N-methyl/N-ethyl adjacent to an activating group) is 1. The zero-order chi connectivity index (χ0) is 13.0. The molecule has 0 aliphatic rings. The lowest BCUT2D eigenvalue weighted by Gasteiger charge is -2.17. The van der Waals surface area contributed by atoms with E-state index in [2.05, 4.69) is 38.3 Å². The van der Waals surface area contributed by atoms with E-state index in [0.29, 0.717) is 0 Å². The molecule has 0 radical (unpaired) electrons. The fourth-order valence-electron chi connectivity index (χ4n) is 2.21. The molecule has 2 aromatic heterocycles. The van der Waals surface area contributed by atoms with Crippen molar-refractivity contribution in [2.24, 2.45) is 7.05 Å². The largest absolute Gasteiger partial charge is 0.337 e. The maximum atomic E-state index is 4.43. The van der Waals surface area contributed by atoms with E-state index in [0.717, 1.165) is 31.2 Å². The van der Waals surface area contributed by atoms with Gasteiger partial charge in [-0.2, -0.15) is 0 Å². The Hall–Kier alpha value is -1.62. The number of hydrogen-bond donors (Lipinski definition) is 1. The molecule has 0 spiro atoms. The molecule has 0 bridgehead atoms. The van der Waals surface area contributed by atoms with Crippen LogP contribution in [-0.4, -0.2) is 25.6 Å². The number of aromatic nitrogens is 4. The number of nitrogens with zero attached hydrogens (tertiary/aromatic N) is 4. The van der Waals surface area contributed by atoms with Gasteiger partial charge in [0, 0.05) is 44.8 Å². The van der Waals surface area contributed by atoms with Gasteiger partial charge in [-0.3, -0.25) is 0 Å². The van der Waals surface area contributed by atoms with Crippen LogP contribution in [-0.2, 0) is 20.0 Å². The summed E-state index contributed by atoms with van der Waals surface area (Å²) in [6, 6.07) is 0.211. The molecule has 0 saturated carbocycles. The molecule has 0 fully saturated rings. The maximum Gasteiger partial charge on any atom is 0.126 e. The van der Waals surface area contributed by atoms with Crippen LogP contribution in [0.3, 0.4) is 0 Å². The minimum absolute atomic E-state index is 0.211. The third kappa shape index (κ3) is 2.61. The van der Waals surface area contributed by atoms with E-state index in [-0.39, 0.29) is 6.04 Å². The van der Waals surface area contributed by atoms with Crippen LogP contribution >= 0.6 is 0 Å². The van der Waals surface area contributed by atoms with Crippen molar-refractivity contribution in [2.45, 2.75) is 32.9 Å². The molecule has 2 heterocycles. The molecule has 1 N–H and O–H groups in total. The number of nitrogens with one attached hydrogen (secondary N) is 1. The van der Waals surface area contributed by atoms with E-state index in [4.69, 9.17) is 0 Å². The molecule has 0 aromatic carbocycles. The minimum atomic E-state index is 0.211. The van der Waals surface area contributed by atoms with E-state index in [1.54, 1.807) is 0 Å². The van der Waals surface area contributed by atoms with Gasteiger partial charge in [-0.1, -0.05) is 6.92 Å². The fourth-order valence-corrected chi connectivity index (χ4v) is 2.21. The second-order valence-electron chi connectivity index (χ2n) is 4.34. The van der Waals surface area contributed by atoms with E-state index < -0.39 is 0 Å². The minimum Gasteiger partial charge on any atom is -0.337 e. The van der Waals surface area contributed by atoms with Crippen LogP contribution in [0.5, 0.6) is 0 Å². The van der Waals surface area contributed by atoms with Gasteiger partial charge >= 0.3 is 0 Å². The number of rotatable bonds is 6. The highest BCUT2D eigenvalue weighted by atomic mass is 15.1. The van der Waals surface area contributed by atoms with Crippen molar-refractivity contribution in [2.75, 3.05) is 6.54 Å². The van der Waals surface area contributed by atoms with Crippen molar-refractivity contribution in [1.82, 2.24) is 24.4 Å². The molecule has 98 valence electrons. The lowest BCUT2D eigenvalue weighted by molar-refractivity contribution is 0.486. The van der Waals surface area contributed by atoms with Gasteiger partial charge in [-0.05, 0) is 13.5 Å². The second-order valence-corrected chi connectivity index (χ2v) is 4.34. The van der Waals surface area contributed by atoms with Gasteiger partial charge in [0.25, 0.3) is 0 Å². The summed E-state index contributed by atoms with van der Waals surface area (Å²) < 4.78 is 4.24. The van der Waals surface area contributed by atoms with Crippen molar-refractivity contribution in [1.29, 1.82) is 0 Å². The topological polar surface area (TPSA) is 47.7 Å². The smallest absolute Gasteiger partial charge is 0.126 e. The van der Waals surface area contributed by atoms with Crippen LogP contribution in [0.1, 0.15) is 31.5 Å². The molecule has 0 amide bonds. The molecular formula is C13H21N5. The van der Waals surface area contributed by atoms with E-state index in [9.17, 15) is 0 Å². The van der Waals surface area contributed by atoms with Crippen molar-refractivity contribution < 1.29 is 0 Å². The fraction of sp³-hybridized carbons (Fsp3) is 0.538. The Morgan fingerprint density at radius 3 is 2.61 bits per heavy atom. The SMILES string of the molecule is CCNC(Cc1nccn1CC)c1nccn1C. The summed E-state index contributed by atoms with van der Waals surface area (Å²) in [5, 5.41) is 3.48. The summed E-state index contributed by atoms with van der Waals surface area (Å²) >= 11 is 0. The van der Waals surface area contributed by atoms with Gasteiger partial charge in [-0.25, -0.2) is 9.97 Å². The third-order valence-corrected chi connectivity index (χ3v) is 3.15.